The van der Waals surface area contributed by atoms with Gasteiger partial charge >= 0.3 is 5.97 Å². The second kappa shape index (κ2) is 10.3. The number of benzene rings is 2. The van der Waals surface area contributed by atoms with Gasteiger partial charge in [0.1, 0.15) is 23.1 Å². The van der Waals surface area contributed by atoms with Gasteiger partial charge in [-0.1, -0.05) is 39.0 Å². The number of nitriles is 1. The number of rotatable bonds is 7. The largest absolute Gasteiger partial charge is 0.497 e. The van der Waals surface area contributed by atoms with Crippen molar-refractivity contribution in [1.82, 2.24) is 0 Å². The van der Waals surface area contributed by atoms with Crippen LogP contribution in [0.3, 0.4) is 0 Å². The lowest BCUT2D eigenvalue weighted by molar-refractivity contribution is -0.142. The van der Waals surface area contributed by atoms with Crippen molar-refractivity contribution in [1.29, 1.82) is 5.26 Å². The molecule has 0 saturated carbocycles. The van der Waals surface area contributed by atoms with Crippen molar-refractivity contribution < 1.29 is 23.8 Å². The van der Waals surface area contributed by atoms with Crippen LogP contribution in [-0.4, -0.2) is 32.7 Å². The lowest BCUT2D eigenvalue weighted by Gasteiger charge is -2.21. The van der Waals surface area contributed by atoms with Crippen molar-refractivity contribution in [2.24, 2.45) is 0 Å². The first-order chi connectivity index (χ1) is 14.7. The summed E-state index contributed by atoms with van der Waals surface area (Å²) in [4.78, 5) is 24.6. The van der Waals surface area contributed by atoms with Crippen molar-refractivity contribution in [3.63, 3.8) is 0 Å². The number of hydrogen-bond acceptors (Lipinski definition) is 6. The van der Waals surface area contributed by atoms with Crippen LogP contribution in [0, 0.1) is 11.3 Å². The average molecular weight is 422 g/mol. The molecule has 0 heterocycles. The fourth-order valence-electron chi connectivity index (χ4n) is 2.67. The summed E-state index contributed by atoms with van der Waals surface area (Å²) in [5.74, 6) is -0.283. The Morgan fingerprint density at radius 2 is 1.74 bits per heavy atom. The molecule has 0 fully saturated rings. The Morgan fingerprint density at radius 1 is 1.06 bits per heavy atom. The summed E-state index contributed by atoms with van der Waals surface area (Å²) in [6.45, 7) is 5.63. The molecule has 0 saturated heterocycles. The Morgan fingerprint density at radius 3 is 2.29 bits per heavy atom. The van der Waals surface area contributed by atoms with Crippen molar-refractivity contribution in [3.05, 3.63) is 59.2 Å². The number of hydrogen-bond donors (Lipinski definition) is 1. The number of amides is 1. The highest BCUT2D eigenvalue weighted by Crippen LogP contribution is 2.31. The molecule has 31 heavy (non-hydrogen) atoms. The van der Waals surface area contributed by atoms with Crippen molar-refractivity contribution >= 4 is 23.6 Å². The topological polar surface area (TPSA) is 97.6 Å². The maximum Gasteiger partial charge on any atom is 0.349 e. The number of nitrogens with zero attached hydrogens (tertiary/aromatic N) is 1. The highest BCUT2D eigenvalue weighted by Gasteiger charge is 2.18. The quantitative estimate of drug-likeness (QED) is 0.410. The van der Waals surface area contributed by atoms with E-state index in [1.165, 1.54) is 13.2 Å². The van der Waals surface area contributed by atoms with Gasteiger partial charge in [-0.05, 0) is 46.9 Å². The van der Waals surface area contributed by atoms with Crippen molar-refractivity contribution in [3.8, 4) is 17.6 Å². The molecule has 0 aliphatic carbocycles. The Labute approximate surface area is 182 Å². The van der Waals surface area contributed by atoms with Gasteiger partial charge in [0.25, 0.3) is 5.91 Å². The highest BCUT2D eigenvalue weighted by atomic mass is 16.5. The van der Waals surface area contributed by atoms with Gasteiger partial charge < -0.3 is 19.5 Å². The molecule has 0 aromatic heterocycles. The Kier molecular flexibility index (Phi) is 7.81. The van der Waals surface area contributed by atoms with Crippen LogP contribution in [0.5, 0.6) is 11.5 Å². The van der Waals surface area contributed by atoms with E-state index in [0.29, 0.717) is 22.7 Å². The standard InChI is InChI=1S/C24H26N2O5/c1-24(2,3)18-8-11-21(30-5)20(13-18)26-22(27)15-31-23(28)17(14-25)12-16-6-9-19(29-4)10-7-16/h6-13H,15H2,1-5H3,(H,26,27)/b17-12+. The van der Waals surface area contributed by atoms with Crippen LogP contribution >= 0.6 is 0 Å². The molecule has 0 unspecified atom stereocenters. The number of carbonyl (C=O) groups excluding carboxylic acids is 2. The summed E-state index contributed by atoms with van der Waals surface area (Å²) < 4.78 is 15.4. The van der Waals surface area contributed by atoms with Crippen LogP contribution < -0.4 is 14.8 Å². The highest BCUT2D eigenvalue weighted by molar-refractivity contribution is 6.00. The normalized spacial score (nSPS) is 11.3. The number of ether oxygens (including phenoxy) is 3. The summed E-state index contributed by atoms with van der Waals surface area (Å²) in [5.41, 5.74) is 1.78. The number of nitrogens with one attached hydrogen (secondary N) is 1. The molecule has 0 atom stereocenters. The molecule has 1 N–H and O–H groups in total. The first-order valence-corrected chi connectivity index (χ1v) is 9.59. The van der Waals surface area contributed by atoms with E-state index in [4.69, 9.17) is 14.2 Å². The fourth-order valence-corrected chi connectivity index (χ4v) is 2.67. The Hall–Kier alpha value is -3.79. The van der Waals surface area contributed by atoms with Crippen LogP contribution in [0.2, 0.25) is 0 Å². The molecule has 0 radical (unpaired) electrons. The summed E-state index contributed by atoms with van der Waals surface area (Å²) in [6, 6.07) is 14.1. The van der Waals surface area contributed by atoms with E-state index in [1.54, 1.807) is 43.5 Å². The van der Waals surface area contributed by atoms with E-state index in [2.05, 4.69) is 26.1 Å². The van der Waals surface area contributed by atoms with Gasteiger partial charge in [-0.3, -0.25) is 4.79 Å². The Balaban J connectivity index is 2.05. The molecule has 162 valence electrons. The maximum absolute atomic E-state index is 12.3. The molecule has 2 rings (SSSR count). The predicted molar refractivity (Wildman–Crippen MR) is 118 cm³/mol. The molecule has 1 amide bonds. The van der Waals surface area contributed by atoms with Crippen LogP contribution in [0.15, 0.2) is 48.0 Å². The van der Waals surface area contributed by atoms with Crippen LogP contribution in [-0.2, 0) is 19.7 Å². The number of carbonyl (C=O) groups is 2. The third-order valence-electron chi connectivity index (χ3n) is 4.44. The molecule has 2 aromatic carbocycles. The predicted octanol–water partition coefficient (Wildman–Crippen LogP) is 4.09. The third kappa shape index (κ3) is 6.61. The van der Waals surface area contributed by atoms with Crippen molar-refractivity contribution in [2.45, 2.75) is 26.2 Å². The fraction of sp³-hybridized carbons (Fsp3) is 0.292. The first kappa shape index (κ1) is 23.5. The zero-order valence-electron chi connectivity index (χ0n) is 18.3. The van der Waals surface area contributed by atoms with E-state index < -0.39 is 18.5 Å². The zero-order chi connectivity index (χ0) is 23.0. The summed E-state index contributed by atoms with van der Waals surface area (Å²) in [5, 5.41) is 12.0. The summed E-state index contributed by atoms with van der Waals surface area (Å²) in [7, 11) is 3.05. The van der Waals surface area contributed by atoms with E-state index in [1.807, 2.05) is 12.1 Å². The van der Waals surface area contributed by atoms with E-state index in [-0.39, 0.29) is 11.0 Å². The summed E-state index contributed by atoms with van der Waals surface area (Å²) in [6.07, 6.45) is 1.38. The minimum Gasteiger partial charge on any atom is -0.497 e. The van der Waals surface area contributed by atoms with Gasteiger partial charge in [-0.15, -0.1) is 0 Å². The molecule has 2 aromatic rings. The minimum absolute atomic E-state index is 0.119. The molecule has 7 nitrogen and oxygen atoms in total. The first-order valence-electron chi connectivity index (χ1n) is 9.59. The molecule has 0 aliphatic rings. The number of esters is 1. The van der Waals surface area contributed by atoms with E-state index in [0.717, 1.165) is 5.56 Å². The number of methoxy groups -OCH3 is 2. The van der Waals surface area contributed by atoms with E-state index >= 15 is 0 Å². The molecule has 0 bridgehead atoms. The average Bonchev–Trinajstić information content (AvgIpc) is 2.75. The lowest BCUT2D eigenvalue weighted by atomic mass is 9.87. The molecule has 0 aliphatic heterocycles. The molecule has 0 spiro atoms. The van der Waals surface area contributed by atoms with Gasteiger partial charge in [0.2, 0.25) is 0 Å². The second-order valence-corrected chi connectivity index (χ2v) is 7.73. The smallest absolute Gasteiger partial charge is 0.349 e. The lowest BCUT2D eigenvalue weighted by Crippen LogP contribution is -2.22. The monoisotopic (exact) mass is 422 g/mol. The van der Waals surface area contributed by atoms with Crippen LogP contribution in [0.4, 0.5) is 5.69 Å². The van der Waals surface area contributed by atoms with Gasteiger partial charge in [-0.2, -0.15) is 5.26 Å². The molecule has 7 heteroatoms. The van der Waals surface area contributed by atoms with Gasteiger partial charge in [-0.25, -0.2) is 4.79 Å². The number of anilines is 1. The maximum atomic E-state index is 12.3. The zero-order valence-corrected chi connectivity index (χ0v) is 18.3. The second-order valence-electron chi connectivity index (χ2n) is 7.73. The van der Waals surface area contributed by atoms with Gasteiger partial charge in [0.05, 0.1) is 19.9 Å². The van der Waals surface area contributed by atoms with Crippen LogP contribution in [0.1, 0.15) is 31.9 Å². The Bertz CT molecular complexity index is 1010. The molecular formula is C24H26N2O5. The SMILES string of the molecule is COc1ccc(/C=C(\C#N)C(=O)OCC(=O)Nc2cc(C(C)(C)C)ccc2OC)cc1. The minimum atomic E-state index is -0.885. The third-order valence-corrected chi connectivity index (χ3v) is 4.44. The van der Waals surface area contributed by atoms with Gasteiger partial charge in [0.15, 0.2) is 6.61 Å². The van der Waals surface area contributed by atoms with E-state index in [9.17, 15) is 14.9 Å². The van der Waals surface area contributed by atoms with Gasteiger partial charge in [0, 0.05) is 0 Å². The van der Waals surface area contributed by atoms with Crippen LogP contribution in [0.25, 0.3) is 6.08 Å². The van der Waals surface area contributed by atoms with Crippen molar-refractivity contribution in [2.75, 3.05) is 26.1 Å². The molecular weight excluding hydrogens is 396 g/mol. The summed E-state index contributed by atoms with van der Waals surface area (Å²) >= 11 is 0.